The summed E-state index contributed by atoms with van der Waals surface area (Å²) in [6.45, 7) is 0.537. The molecule has 0 radical (unpaired) electrons. The molecule has 1 aromatic carbocycles. The van der Waals surface area contributed by atoms with Gasteiger partial charge < -0.3 is 5.32 Å². The first-order valence-electron chi connectivity index (χ1n) is 6.25. The van der Waals surface area contributed by atoms with Crippen molar-refractivity contribution in [3.8, 4) is 0 Å². The van der Waals surface area contributed by atoms with Crippen molar-refractivity contribution in [1.82, 2.24) is 5.32 Å². The molecule has 0 aromatic heterocycles. The summed E-state index contributed by atoms with van der Waals surface area (Å²) in [7, 11) is -3.00. The third kappa shape index (κ3) is 3.47. The van der Waals surface area contributed by atoms with Crippen molar-refractivity contribution in [3.05, 3.63) is 38.9 Å². The zero-order valence-corrected chi connectivity index (χ0v) is 12.3. The van der Waals surface area contributed by atoms with E-state index in [1.165, 1.54) is 18.2 Å². The van der Waals surface area contributed by atoms with Gasteiger partial charge in [0, 0.05) is 29.7 Å². The summed E-state index contributed by atoms with van der Waals surface area (Å²) in [4.78, 5) is 10.4. The van der Waals surface area contributed by atoms with E-state index in [0.29, 0.717) is 30.0 Å². The number of hydrogen-bond donors (Lipinski definition) is 1. The van der Waals surface area contributed by atoms with Crippen molar-refractivity contribution >= 4 is 27.1 Å². The third-order valence-corrected chi connectivity index (χ3v) is 5.90. The molecule has 0 aliphatic carbocycles. The molecule has 1 aliphatic rings. The molecular weight excluding hydrogens is 304 g/mol. The van der Waals surface area contributed by atoms with Crippen molar-refractivity contribution in [2.45, 2.75) is 24.6 Å². The van der Waals surface area contributed by atoms with Gasteiger partial charge in [-0.1, -0.05) is 11.6 Å². The van der Waals surface area contributed by atoms with Gasteiger partial charge in [0.2, 0.25) is 0 Å². The summed E-state index contributed by atoms with van der Waals surface area (Å²) in [6.07, 6.45) is 1.33. The molecule has 1 aromatic rings. The maximum absolute atomic E-state index is 11.7. The van der Waals surface area contributed by atoms with Crippen molar-refractivity contribution in [3.63, 3.8) is 0 Å². The van der Waals surface area contributed by atoms with Crippen molar-refractivity contribution < 1.29 is 13.3 Å². The van der Waals surface area contributed by atoms with Crippen molar-refractivity contribution in [2.75, 3.05) is 12.3 Å². The van der Waals surface area contributed by atoms with E-state index in [4.69, 9.17) is 11.6 Å². The van der Waals surface area contributed by atoms with Gasteiger partial charge >= 0.3 is 0 Å². The van der Waals surface area contributed by atoms with Gasteiger partial charge in [0.15, 0.2) is 9.84 Å². The first-order chi connectivity index (χ1) is 9.40. The summed E-state index contributed by atoms with van der Waals surface area (Å²) >= 11 is 5.83. The number of halogens is 1. The third-order valence-electron chi connectivity index (χ3n) is 3.39. The number of hydrogen-bond acceptors (Lipinski definition) is 5. The van der Waals surface area contributed by atoms with E-state index >= 15 is 0 Å². The van der Waals surface area contributed by atoms with E-state index in [1.54, 1.807) is 0 Å². The fourth-order valence-electron chi connectivity index (χ4n) is 2.33. The second-order valence-electron chi connectivity index (χ2n) is 4.79. The molecule has 1 heterocycles. The summed E-state index contributed by atoms with van der Waals surface area (Å²) < 4.78 is 23.3. The monoisotopic (exact) mass is 318 g/mol. The smallest absolute Gasteiger partial charge is 0.273 e. The molecular formula is C12H15ClN2O4S. The maximum Gasteiger partial charge on any atom is 0.273 e. The Labute approximate surface area is 122 Å². The van der Waals surface area contributed by atoms with Gasteiger partial charge in [-0.2, -0.15) is 0 Å². The highest BCUT2D eigenvalue weighted by molar-refractivity contribution is 7.92. The largest absolute Gasteiger partial charge is 0.311 e. The van der Waals surface area contributed by atoms with E-state index in [9.17, 15) is 18.5 Å². The van der Waals surface area contributed by atoms with Crippen LogP contribution in [0.2, 0.25) is 5.02 Å². The van der Waals surface area contributed by atoms with Crippen LogP contribution in [0, 0.1) is 10.1 Å². The summed E-state index contributed by atoms with van der Waals surface area (Å²) in [5.74, 6) is 0.233. The quantitative estimate of drug-likeness (QED) is 0.661. The fraction of sp³-hybridized carbons (Fsp3) is 0.500. The number of sulfone groups is 1. The van der Waals surface area contributed by atoms with Gasteiger partial charge in [0.25, 0.3) is 5.69 Å². The number of nitro groups is 1. The molecule has 0 amide bonds. The van der Waals surface area contributed by atoms with Gasteiger partial charge in [0.1, 0.15) is 0 Å². The lowest BCUT2D eigenvalue weighted by molar-refractivity contribution is -0.385. The van der Waals surface area contributed by atoms with E-state index in [-0.39, 0.29) is 23.2 Å². The topological polar surface area (TPSA) is 89.3 Å². The van der Waals surface area contributed by atoms with Crippen LogP contribution in [-0.2, 0) is 16.4 Å². The second-order valence-corrected chi connectivity index (χ2v) is 7.63. The summed E-state index contributed by atoms with van der Waals surface area (Å²) in [5.41, 5.74) is 0.439. The Bertz CT molecular complexity index is 618. The normalized spacial score (nSPS) is 20.9. The van der Waals surface area contributed by atoms with Crippen LogP contribution in [0.3, 0.4) is 0 Å². The minimum Gasteiger partial charge on any atom is -0.311 e. The Morgan fingerprint density at radius 3 is 2.80 bits per heavy atom. The predicted molar refractivity (Wildman–Crippen MR) is 76.6 cm³/mol. The molecule has 20 heavy (non-hydrogen) atoms. The van der Waals surface area contributed by atoms with Crippen LogP contribution in [0.1, 0.15) is 18.4 Å². The number of nitro benzene ring substituents is 1. The first-order valence-corrected chi connectivity index (χ1v) is 8.34. The lowest BCUT2D eigenvalue weighted by Crippen LogP contribution is -2.30. The van der Waals surface area contributed by atoms with Crippen LogP contribution in [0.25, 0.3) is 0 Å². The van der Waals surface area contributed by atoms with Gasteiger partial charge in [-0.05, 0) is 25.0 Å². The molecule has 2 rings (SSSR count). The number of nitrogens with one attached hydrogen (secondary N) is 1. The summed E-state index contributed by atoms with van der Waals surface area (Å²) in [6, 6.07) is 4.34. The highest BCUT2D eigenvalue weighted by Crippen LogP contribution is 2.23. The van der Waals surface area contributed by atoms with Crippen LogP contribution in [0.4, 0.5) is 5.69 Å². The van der Waals surface area contributed by atoms with Crippen LogP contribution in [-0.4, -0.2) is 30.9 Å². The molecule has 1 fully saturated rings. The van der Waals surface area contributed by atoms with Crippen molar-refractivity contribution in [2.24, 2.45) is 0 Å². The van der Waals surface area contributed by atoms with Gasteiger partial charge in [-0.3, -0.25) is 10.1 Å². The van der Waals surface area contributed by atoms with E-state index in [2.05, 4.69) is 5.32 Å². The first kappa shape index (κ1) is 15.2. The Balaban J connectivity index is 2.01. The Hall–Kier alpha value is -1.18. The summed E-state index contributed by atoms with van der Waals surface area (Å²) in [5, 5.41) is 13.9. The van der Waals surface area contributed by atoms with Crippen LogP contribution < -0.4 is 5.32 Å². The molecule has 0 spiro atoms. The predicted octanol–water partition coefficient (Wildman–Crippen LogP) is 1.91. The Morgan fingerprint density at radius 1 is 1.45 bits per heavy atom. The Morgan fingerprint density at radius 2 is 2.20 bits per heavy atom. The minimum absolute atomic E-state index is 0.0174. The number of nitrogens with zero attached hydrogens (tertiary/aromatic N) is 1. The molecule has 1 aliphatic heterocycles. The van der Waals surface area contributed by atoms with Crippen LogP contribution in [0.5, 0.6) is 0 Å². The fourth-order valence-corrected chi connectivity index (χ4v) is 4.32. The molecule has 1 saturated heterocycles. The zero-order chi connectivity index (χ0) is 14.8. The molecule has 0 saturated carbocycles. The lowest BCUT2D eigenvalue weighted by atomic mass is 10.1. The molecule has 110 valence electrons. The van der Waals surface area contributed by atoms with Gasteiger partial charge in [-0.25, -0.2) is 8.42 Å². The standard InChI is InChI=1S/C12H15ClN2O4S/c13-10-3-4-12(15(16)17)9(6-10)7-14-8-11-2-1-5-20(11,18)19/h3-4,6,11,14H,1-2,5,7-8H2. The van der Waals surface area contributed by atoms with E-state index < -0.39 is 14.8 Å². The van der Waals surface area contributed by atoms with E-state index in [0.717, 1.165) is 0 Å². The van der Waals surface area contributed by atoms with Gasteiger partial charge in [-0.15, -0.1) is 0 Å². The SMILES string of the molecule is O=[N+]([O-])c1ccc(Cl)cc1CNCC1CCCS1(=O)=O. The maximum atomic E-state index is 11.7. The Kier molecular flexibility index (Phi) is 4.62. The highest BCUT2D eigenvalue weighted by Gasteiger charge is 2.30. The number of rotatable bonds is 5. The average Bonchev–Trinajstić information content (AvgIpc) is 2.68. The number of benzene rings is 1. The second kappa shape index (κ2) is 6.07. The van der Waals surface area contributed by atoms with E-state index in [1.807, 2.05) is 0 Å². The molecule has 8 heteroatoms. The van der Waals surface area contributed by atoms with Gasteiger partial charge in [0.05, 0.1) is 15.9 Å². The molecule has 1 unspecified atom stereocenters. The lowest BCUT2D eigenvalue weighted by Gasteiger charge is -2.11. The highest BCUT2D eigenvalue weighted by atomic mass is 35.5. The average molecular weight is 319 g/mol. The molecule has 0 bridgehead atoms. The molecule has 1 atom stereocenters. The zero-order valence-electron chi connectivity index (χ0n) is 10.7. The molecule has 6 nitrogen and oxygen atoms in total. The van der Waals surface area contributed by atoms with Crippen LogP contribution in [0.15, 0.2) is 18.2 Å². The minimum atomic E-state index is -3.00. The van der Waals surface area contributed by atoms with Crippen molar-refractivity contribution in [1.29, 1.82) is 0 Å². The molecule has 1 N–H and O–H groups in total. The van der Waals surface area contributed by atoms with Crippen LogP contribution >= 0.6 is 11.6 Å².